The Morgan fingerprint density at radius 2 is 2.17 bits per heavy atom. The van der Waals surface area contributed by atoms with E-state index in [0.717, 1.165) is 36.6 Å². The zero-order chi connectivity index (χ0) is 13.1. The quantitative estimate of drug-likeness (QED) is 0.828. The van der Waals surface area contributed by atoms with Crippen molar-refractivity contribution >= 4 is 11.7 Å². The number of hydrogen-bond donors (Lipinski definition) is 1. The fraction of sp³-hybridized carbons (Fsp3) is 0.538. The summed E-state index contributed by atoms with van der Waals surface area (Å²) in [4.78, 5) is 20.2. The molecule has 98 valence electrons. The molecule has 5 heteroatoms. The molecule has 1 aliphatic heterocycles. The van der Waals surface area contributed by atoms with Crippen LogP contribution in [0.4, 0.5) is 5.82 Å². The maximum absolute atomic E-state index is 11.9. The molecule has 1 aromatic rings. The lowest BCUT2D eigenvalue weighted by Crippen LogP contribution is -2.34. The van der Waals surface area contributed by atoms with E-state index in [1.807, 2.05) is 31.0 Å². The van der Waals surface area contributed by atoms with E-state index < -0.39 is 0 Å². The molecule has 0 saturated carbocycles. The molecule has 18 heavy (non-hydrogen) atoms. The molecule has 1 aliphatic rings. The second-order valence-corrected chi connectivity index (χ2v) is 4.77. The summed E-state index contributed by atoms with van der Waals surface area (Å²) >= 11 is 0. The van der Waals surface area contributed by atoms with Crippen LogP contribution in [-0.2, 0) is 11.3 Å². The van der Waals surface area contributed by atoms with Gasteiger partial charge in [0.25, 0.3) is 0 Å². The number of pyridine rings is 1. The smallest absolute Gasteiger partial charge is 0.241 e. The third kappa shape index (κ3) is 2.79. The molecule has 0 radical (unpaired) electrons. The van der Waals surface area contributed by atoms with Gasteiger partial charge in [0.05, 0.1) is 6.54 Å². The van der Waals surface area contributed by atoms with Gasteiger partial charge >= 0.3 is 0 Å². The minimum Gasteiger partial charge on any atom is -0.347 e. The lowest BCUT2D eigenvalue weighted by molar-refractivity contribution is -0.127. The van der Waals surface area contributed by atoms with Gasteiger partial charge in [-0.1, -0.05) is 0 Å². The molecule has 0 aromatic carbocycles. The van der Waals surface area contributed by atoms with Crippen molar-refractivity contribution < 1.29 is 4.79 Å². The van der Waals surface area contributed by atoms with Crippen molar-refractivity contribution in [3.8, 4) is 0 Å². The van der Waals surface area contributed by atoms with E-state index in [2.05, 4.69) is 4.98 Å². The molecule has 1 aromatic heterocycles. The summed E-state index contributed by atoms with van der Waals surface area (Å²) < 4.78 is 0. The highest BCUT2D eigenvalue weighted by atomic mass is 16.2. The Labute approximate surface area is 108 Å². The van der Waals surface area contributed by atoms with Gasteiger partial charge in [-0.05, 0) is 31.0 Å². The van der Waals surface area contributed by atoms with E-state index in [1.165, 1.54) is 0 Å². The Morgan fingerprint density at radius 3 is 2.89 bits per heavy atom. The molecule has 0 unspecified atom stereocenters. The predicted molar refractivity (Wildman–Crippen MR) is 71.3 cm³/mol. The summed E-state index contributed by atoms with van der Waals surface area (Å²) in [7, 11) is 1.85. The lowest BCUT2D eigenvalue weighted by Gasteiger charge is -2.21. The normalized spacial score (nSPS) is 16.9. The summed E-state index contributed by atoms with van der Waals surface area (Å²) in [6.45, 7) is 4.52. The summed E-state index contributed by atoms with van der Waals surface area (Å²) in [5, 5.41) is 0. The van der Waals surface area contributed by atoms with Crippen LogP contribution in [0.5, 0.6) is 0 Å². The minimum atomic E-state index is 0.144. The molecule has 1 saturated heterocycles. The van der Waals surface area contributed by atoms with E-state index in [-0.39, 0.29) is 5.91 Å². The Hall–Kier alpha value is -1.62. The van der Waals surface area contributed by atoms with Gasteiger partial charge in [0.2, 0.25) is 5.91 Å². The van der Waals surface area contributed by atoms with Crippen LogP contribution in [0, 0.1) is 6.92 Å². The number of rotatable bonds is 2. The fourth-order valence-corrected chi connectivity index (χ4v) is 2.18. The fourth-order valence-electron chi connectivity index (χ4n) is 2.18. The number of nitrogens with two attached hydrogens (primary N) is 1. The second-order valence-electron chi connectivity index (χ2n) is 4.77. The number of amides is 1. The number of carbonyl (C=O) groups is 1. The molecule has 0 bridgehead atoms. The molecule has 1 amide bonds. The summed E-state index contributed by atoms with van der Waals surface area (Å²) in [6, 6.07) is 3.96. The zero-order valence-corrected chi connectivity index (χ0v) is 11.0. The highest BCUT2D eigenvalue weighted by Crippen LogP contribution is 2.17. The molecular formula is C13H20N4O. The van der Waals surface area contributed by atoms with Crippen LogP contribution in [0.1, 0.15) is 17.7 Å². The second kappa shape index (κ2) is 5.35. The van der Waals surface area contributed by atoms with E-state index in [4.69, 9.17) is 5.73 Å². The van der Waals surface area contributed by atoms with Crippen LogP contribution in [0.25, 0.3) is 0 Å². The Bertz CT molecular complexity index is 447. The van der Waals surface area contributed by atoms with Crippen molar-refractivity contribution in [2.45, 2.75) is 19.9 Å². The molecule has 2 heterocycles. The van der Waals surface area contributed by atoms with Crippen LogP contribution >= 0.6 is 0 Å². The third-order valence-electron chi connectivity index (χ3n) is 3.23. The first-order chi connectivity index (χ1) is 8.60. The molecule has 0 spiro atoms. The molecular weight excluding hydrogens is 228 g/mol. The standard InChI is InChI=1S/C13H20N4O/c1-10-6-11(8-14)7-12(15-10)17-5-3-4-16(2)13(18)9-17/h6-7H,3-5,8-9,14H2,1-2H3. The third-order valence-corrected chi connectivity index (χ3v) is 3.23. The lowest BCUT2D eigenvalue weighted by atomic mass is 10.2. The maximum atomic E-state index is 11.9. The van der Waals surface area contributed by atoms with Crippen molar-refractivity contribution in [2.24, 2.45) is 5.73 Å². The molecule has 5 nitrogen and oxygen atoms in total. The van der Waals surface area contributed by atoms with E-state index in [9.17, 15) is 4.79 Å². The average molecular weight is 248 g/mol. The van der Waals surface area contributed by atoms with Crippen LogP contribution in [0.15, 0.2) is 12.1 Å². The molecule has 2 rings (SSSR count). The van der Waals surface area contributed by atoms with Gasteiger partial charge in [-0.2, -0.15) is 0 Å². The van der Waals surface area contributed by atoms with E-state index >= 15 is 0 Å². The van der Waals surface area contributed by atoms with Crippen LogP contribution in [0.2, 0.25) is 0 Å². The number of hydrogen-bond acceptors (Lipinski definition) is 4. The van der Waals surface area contributed by atoms with Gasteiger partial charge in [0.15, 0.2) is 0 Å². The average Bonchev–Trinajstić information content (AvgIpc) is 2.51. The monoisotopic (exact) mass is 248 g/mol. The topological polar surface area (TPSA) is 62.5 Å². The Balaban J connectivity index is 2.24. The summed E-state index contributed by atoms with van der Waals surface area (Å²) in [5.74, 6) is 1.00. The molecule has 2 N–H and O–H groups in total. The SMILES string of the molecule is Cc1cc(CN)cc(N2CCCN(C)C(=O)C2)n1. The molecule has 1 fully saturated rings. The van der Waals surface area contributed by atoms with E-state index in [1.54, 1.807) is 4.90 Å². The van der Waals surface area contributed by atoms with Crippen LogP contribution in [0.3, 0.4) is 0 Å². The largest absolute Gasteiger partial charge is 0.347 e. The predicted octanol–water partition coefficient (Wildman–Crippen LogP) is 0.517. The van der Waals surface area contributed by atoms with Crippen LogP contribution in [-0.4, -0.2) is 42.5 Å². The van der Waals surface area contributed by atoms with Crippen molar-refractivity contribution in [2.75, 3.05) is 31.6 Å². The van der Waals surface area contributed by atoms with Crippen molar-refractivity contribution in [1.29, 1.82) is 0 Å². The first-order valence-corrected chi connectivity index (χ1v) is 6.26. The maximum Gasteiger partial charge on any atom is 0.241 e. The minimum absolute atomic E-state index is 0.144. The molecule has 0 aliphatic carbocycles. The summed E-state index contributed by atoms with van der Waals surface area (Å²) in [6.07, 6.45) is 0.968. The van der Waals surface area contributed by atoms with Gasteiger partial charge in [-0.25, -0.2) is 4.98 Å². The van der Waals surface area contributed by atoms with Crippen molar-refractivity contribution in [3.63, 3.8) is 0 Å². The van der Waals surface area contributed by atoms with Gasteiger partial charge in [-0.15, -0.1) is 0 Å². The zero-order valence-electron chi connectivity index (χ0n) is 11.0. The van der Waals surface area contributed by atoms with Crippen molar-refractivity contribution in [1.82, 2.24) is 9.88 Å². The van der Waals surface area contributed by atoms with Gasteiger partial charge in [-0.3, -0.25) is 4.79 Å². The van der Waals surface area contributed by atoms with Crippen molar-refractivity contribution in [3.05, 3.63) is 23.4 Å². The summed E-state index contributed by atoms with van der Waals surface area (Å²) in [5.41, 5.74) is 7.68. The van der Waals surface area contributed by atoms with Gasteiger partial charge in [0, 0.05) is 32.4 Å². The molecule has 0 atom stereocenters. The number of nitrogens with zero attached hydrogens (tertiary/aromatic N) is 3. The van der Waals surface area contributed by atoms with E-state index in [0.29, 0.717) is 13.1 Å². The Morgan fingerprint density at radius 1 is 1.39 bits per heavy atom. The number of anilines is 1. The highest BCUT2D eigenvalue weighted by molar-refractivity contribution is 5.81. The number of aromatic nitrogens is 1. The van der Waals surface area contributed by atoms with Crippen LogP contribution < -0.4 is 10.6 Å². The Kier molecular flexibility index (Phi) is 3.81. The number of likely N-dealkylation sites (N-methyl/N-ethyl adjacent to an activating group) is 1. The van der Waals surface area contributed by atoms with Gasteiger partial charge in [0.1, 0.15) is 5.82 Å². The first kappa shape index (κ1) is 12.8. The number of carbonyl (C=O) groups excluding carboxylic acids is 1. The highest BCUT2D eigenvalue weighted by Gasteiger charge is 2.20. The number of aryl methyl sites for hydroxylation is 1. The van der Waals surface area contributed by atoms with Gasteiger partial charge < -0.3 is 15.5 Å². The first-order valence-electron chi connectivity index (χ1n) is 6.26.